The molecule has 0 atom stereocenters. The van der Waals surface area contributed by atoms with Crippen molar-refractivity contribution in [3.63, 3.8) is 0 Å². The van der Waals surface area contributed by atoms with Gasteiger partial charge in [-0.1, -0.05) is 38.1 Å². The summed E-state index contributed by atoms with van der Waals surface area (Å²) in [5.41, 5.74) is 3.96. The first-order valence-electron chi connectivity index (χ1n) is 16.4. The second-order valence-corrected chi connectivity index (χ2v) is 14.5. The molecule has 0 aliphatic carbocycles. The average molecular weight is 680 g/mol. The van der Waals surface area contributed by atoms with Crippen molar-refractivity contribution in [3.8, 4) is 16.3 Å². The number of aryl methyl sites for hydroxylation is 2. The zero-order valence-corrected chi connectivity index (χ0v) is 29.0. The minimum atomic E-state index is -4.41. The van der Waals surface area contributed by atoms with Gasteiger partial charge in [-0.15, -0.1) is 11.3 Å². The molecule has 2 heterocycles. The smallest absolute Gasteiger partial charge is 0.416 e. The number of hydrogen-bond acceptors (Lipinski definition) is 7. The van der Waals surface area contributed by atoms with E-state index in [0.717, 1.165) is 54.4 Å². The normalized spacial score (nSPS) is 14.5. The number of Topliss-reactive ketones (excluding diaryl/α,β-unsaturated/α-hetero) is 1. The molecule has 6 nitrogen and oxygen atoms in total. The molecule has 48 heavy (non-hydrogen) atoms. The molecule has 1 aliphatic heterocycles. The third-order valence-electron chi connectivity index (χ3n) is 8.75. The van der Waals surface area contributed by atoms with E-state index in [2.05, 4.69) is 47.9 Å². The van der Waals surface area contributed by atoms with Crippen LogP contribution in [0.5, 0.6) is 5.75 Å². The van der Waals surface area contributed by atoms with E-state index in [9.17, 15) is 23.1 Å². The van der Waals surface area contributed by atoms with Crippen LogP contribution in [0.3, 0.4) is 0 Å². The number of carbonyl (C=O) groups is 1. The fraction of sp³-hybridized carbons (Fsp3) is 0.421. The van der Waals surface area contributed by atoms with Gasteiger partial charge in [0, 0.05) is 60.8 Å². The van der Waals surface area contributed by atoms with Gasteiger partial charge < -0.3 is 14.7 Å². The molecule has 0 bridgehead atoms. The van der Waals surface area contributed by atoms with Gasteiger partial charge in [0.25, 0.3) is 0 Å². The molecule has 256 valence electrons. The Morgan fingerprint density at radius 2 is 1.65 bits per heavy atom. The molecule has 1 fully saturated rings. The minimum absolute atomic E-state index is 0.0152. The summed E-state index contributed by atoms with van der Waals surface area (Å²) in [7, 11) is 0. The van der Waals surface area contributed by atoms with Crippen molar-refractivity contribution in [2.24, 2.45) is 0 Å². The zero-order valence-electron chi connectivity index (χ0n) is 28.2. The van der Waals surface area contributed by atoms with Crippen molar-refractivity contribution in [1.29, 1.82) is 0 Å². The Morgan fingerprint density at radius 1 is 0.979 bits per heavy atom. The molecule has 1 N–H and O–H groups in total. The Morgan fingerprint density at radius 3 is 2.23 bits per heavy atom. The maximum absolute atomic E-state index is 13.3. The minimum Gasteiger partial charge on any atom is -0.485 e. The molecule has 0 unspecified atom stereocenters. The third-order valence-corrected chi connectivity index (χ3v) is 9.96. The summed E-state index contributed by atoms with van der Waals surface area (Å²) >= 11 is 1.44. The van der Waals surface area contributed by atoms with Gasteiger partial charge in [-0.2, -0.15) is 13.2 Å². The molecular weight excluding hydrogens is 635 g/mol. The lowest BCUT2D eigenvalue weighted by Crippen LogP contribution is -2.46. The average Bonchev–Trinajstić information content (AvgIpc) is 3.46. The second-order valence-electron chi connectivity index (χ2n) is 13.4. The maximum atomic E-state index is 13.3. The van der Waals surface area contributed by atoms with Crippen LogP contribution in [0.4, 0.5) is 18.9 Å². The summed E-state index contributed by atoms with van der Waals surface area (Å²) in [6.07, 6.45) is -3.67. The fourth-order valence-corrected chi connectivity index (χ4v) is 6.79. The largest absolute Gasteiger partial charge is 0.485 e. The summed E-state index contributed by atoms with van der Waals surface area (Å²) in [6, 6.07) is 19.2. The molecular formula is C38H44F3N3O3S. The number of alkyl halides is 3. The molecule has 5 rings (SSSR count). The van der Waals surface area contributed by atoms with Gasteiger partial charge in [-0.05, 0) is 86.7 Å². The second kappa shape index (κ2) is 14.8. The van der Waals surface area contributed by atoms with Crippen LogP contribution in [0.1, 0.15) is 77.7 Å². The fourth-order valence-electron chi connectivity index (χ4n) is 5.71. The van der Waals surface area contributed by atoms with Crippen molar-refractivity contribution in [2.45, 2.75) is 71.7 Å². The first-order chi connectivity index (χ1) is 22.7. The Kier molecular flexibility index (Phi) is 11.0. The van der Waals surface area contributed by atoms with Crippen LogP contribution in [-0.4, -0.2) is 59.2 Å². The van der Waals surface area contributed by atoms with Crippen LogP contribution in [0.25, 0.3) is 10.6 Å². The van der Waals surface area contributed by atoms with Gasteiger partial charge in [0.2, 0.25) is 0 Å². The van der Waals surface area contributed by atoms with Crippen LogP contribution in [0.15, 0.2) is 66.7 Å². The summed E-state index contributed by atoms with van der Waals surface area (Å²) in [5, 5.41) is 10.2. The van der Waals surface area contributed by atoms with E-state index < -0.39 is 17.3 Å². The van der Waals surface area contributed by atoms with Crippen LogP contribution in [-0.2, 0) is 19.1 Å². The highest BCUT2D eigenvalue weighted by atomic mass is 32.1. The van der Waals surface area contributed by atoms with Crippen LogP contribution in [0.2, 0.25) is 0 Å². The molecule has 0 spiro atoms. The van der Waals surface area contributed by atoms with Crippen molar-refractivity contribution in [1.82, 2.24) is 9.88 Å². The van der Waals surface area contributed by atoms with E-state index >= 15 is 0 Å². The number of aromatic nitrogens is 1. The Hall–Kier alpha value is -3.73. The van der Waals surface area contributed by atoms with E-state index in [1.54, 1.807) is 26.0 Å². The number of hydrogen-bond donors (Lipinski definition) is 1. The molecule has 0 amide bonds. The highest BCUT2D eigenvalue weighted by Gasteiger charge is 2.30. The van der Waals surface area contributed by atoms with Crippen LogP contribution >= 0.6 is 11.3 Å². The molecule has 4 aromatic rings. The lowest BCUT2D eigenvalue weighted by atomic mass is 10.0. The Balaban J connectivity index is 1.30. The number of halogens is 3. The van der Waals surface area contributed by atoms with Gasteiger partial charge in [0.1, 0.15) is 16.4 Å². The summed E-state index contributed by atoms with van der Waals surface area (Å²) in [4.78, 5) is 24.0. The summed E-state index contributed by atoms with van der Waals surface area (Å²) in [6.45, 7) is 13.7. The van der Waals surface area contributed by atoms with Crippen molar-refractivity contribution < 1.29 is 27.8 Å². The van der Waals surface area contributed by atoms with E-state index in [1.807, 2.05) is 13.0 Å². The van der Waals surface area contributed by atoms with Crippen molar-refractivity contribution >= 4 is 22.8 Å². The molecule has 0 saturated carbocycles. The standard InChI is InChI=1S/C38H44F3N3O3S/c1-25(2)27-8-13-31(14-9-27)44-20-18-43(19-21-44)23-32-35(48-36(42-32)28-6-11-30(12-7-28)38(39,40)41)17-15-33(46)29-10-16-34(26(3)22-29)47-37(4,5)24-45/h6-14,16,22,25,45H,15,17-21,23-24H2,1-5H3. The number of piperazine rings is 1. The molecule has 1 aromatic heterocycles. The van der Waals surface area contributed by atoms with Gasteiger partial charge in [-0.3, -0.25) is 9.69 Å². The van der Waals surface area contributed by atoms with E-state index in [1.165, 1.54) is 34.7 Å². The monoisotopic (exact) mass is 679 g/mol. The number of anilines is 1. The predicted molar refractivity (Wildman–Crippen MR) is 186 cm³/mol. The van der Waals surface area contributed by atoms with E-state index in [-0.39, 0.29) is 18.8 Å². The number of ketones is 1. The highest BCUT2D eigenvalue weighted by Crippen LogP contribution is 2.34. The maximum Gasteiger partial charge on any atom is 0.416 e. The SMILES string of the molecule is Cc1cc(C(=O)CCc2sc(-c3ccc(C(F)(F)F)cc3)nc2CN2CCN(c3ccc(C(C)C)cc3)CC2)ccc1OC(C)(C)CO. The lowest BCUT2D eigenvalue weighted by molar-refractivity contribution is -0.137. The summed E-state index contributed by atoms with van der Waals surface area (Å²) in [5.74, 6) is 1.09. The number of thiazole rings is 1. The number of rotatable bonds is 12. The zero-order chi connectivity index (χ0) is 34.6. The number of aliphatic hydroxyl groups is 1. The number of ether oxygens (including phenoxy) is 1. The Labute approximate surface area is 285 Å². The van der Waals surface area contributed by atoms with Crippen LogP contribution < -0.4 is 9.64 Å². The first-order valence-corrected chi connectivity index (χ1v) is 17.2. The lowest BCUT2D eigenvalue weighted by Gasteiger charge is -2.36. The van der Waals surface area contributed by atoms with Gasteiger partial charge in [0.15, 0.2) is 5.78 Å². The number of benzene rings is 3. The van der Waals surface area contributed by atoms with Crippen molar-refractivity contribution in [3.05, 3.63) is 99.6 Å². The van der Waals surface area contributed by atoms with E-state index in [0.29, 0.717) is 40.8 Å². The van der Waals surface area contributed by atoms with Gasteiger partial charge in [0.05, 0.1) is 17.9 Å². The number of carbonyl (C=O) groups excluding carboxylic acids is 1. The van der Waals surface area contributed by atoms with Gasteiger partial charge in [-0.25, -0.2) is 4.98 Å². The number of aliphatic hydroxyl groups excluding tert-OH is 1. The predicted octanol–water partition coefficient (Wildman–Crippen LogP) is 8.55. The first kappa shape index (κ1) is 35.6. The topological polar surface area (TPSA) is 65.9 Å². The molecule has 10 heteroatoms. The number of nitrogens with zero attached hydrogens (tertiary/aromatic N) is 3. The quantitative estimate of drug-likeness (QED) is 0.152. The molecule has 1 aliphatic rings. The Bertz CT molecular complexity index is 1690. The highest BCUT2D eigenvalue weighted by molar-refractivity contribution is 7.15. The third kappa shape index (κ3) is 8.84. The van der Waals surface area contributed by atoms with Crippen LogP contribution in [0, 0.1) is 6.92 Å². The van der Waals surface area contributed by atoms with Crippen molar-refractivity contribution in [2.75, 3.05) is 37.7 Å². The summed E-state index contributed by atoms with van der Waals surface area (Å²) < 4.78 is 45.6. The molecule has 1 saturated heterocycles. The molecule has 3 aromatic carbocycles. The van der Waals surface area contributed by atoms with E-state index in [4.69, 9.17) is 9.72 Å². The van der Waals surface area contributed by atoms with Gasteiger partial charge >= 0.3 is 6.18 Å². The molecule has 0 radical (unpaired) electrons.